The van der Waals surface area contributed by atoms with Crippen molar-refractivity contribution in [3.05, 3.63) is 317 Å². The van der Waals surface area contributed by atoms with Gasteiger partial charge >= 0.3 is 0 Å². The fourth-order valence-electron chi connectivity index (χ4n) is 12.1. The monoisotopic (exact) mass is 1820 g/mol. The molecule has 36 heteroatoms. The number of aryl methyl sites for hydroxylation is 1. The predicted octanol–water partition coefficient (Wildman–Crippen LogP) is 15.4. The van der Waals surface area contributed by atoms with Crippen molar-refractivity contribution in [3.8, 4) is 45.0 Å². The molecule has 0 unspecified atom stereocenters. The SMILES string of the molecule is CC(=O)N1CCN(c2ccc(C(=O)Nc3ccc(Cl)c(-c4ccccn4)c3)cn2)CC1.COCCCNS(=O)(=O)c1ccc(C(=O)Nc2ccc(Cl)c(-c3ccccn3)c2)cc1.CS(=O)(=O)CCNS(=O)(=O)c1ccc(C(=O)Nc2ccc(Cl)c(-c3ccccn3)c2)cc1.O=C(Nc1ccc(Cl)c(-c2ccccn2)c1)c1ccc(NCCCn2ccnc2)nc1. The lowest BCUT2D eigenvalue weighted by molar-refractivity contribution is -0.129. The van der Waals surface area contributed by atoms with Crippen molar-refractivity contribution in [1.29, 1.82) is 0 Å². The van der Waals surface area contributed by atoms with Gasteiger partial charge in [0.2, 0.25) is 26.0 Å². The first kappa shape index (κ1) is 93.0. The van der Waals surface area contributed by atoms with Crippen LogP contribution in [0, 0.1) is 0 Å². The number of hydrogen-bond acceptors (Lipinski definition) is 21. The molecule has 6 aromatic carbocycles. The number of piperazine rings is 1. The molecule has 13 aromatic rings. The number of sulfonamides is 2. The van der Waals surface area contributed by atoms with Gasteiger partial charge in [-0.15, -0.1) is 0 Å². The van der Waals surface area contributed by atoms with E-state index in [1.807, 2.05) is 88.5 Å². The van der Waals surface area contributed by atoms with Gasteiger partial charge in [0.25, 0.3) is 23.6 Å². The van der Waals surface area contributed by atoms with Gasteiger partial charge in [-0.3, -0.25) is 43.9 Å². The van der Waals surface area contributed by atoms with Crippen LogP contribution in [-0.2, 0) is 46.0 Å². The molecule has 0 radical (unpaired) electrons. The van der Waals surface area contributed by atoms with E-state index in [0.717, 1.165) is 73.0 Å². The first-order chi connectivity index (χ1) is 60.1. The summed E-state index contributed by atoms with van der Waals surface area (Å²) in [5.74, 6) is -0.000476. The number of methoxy groups -OCH3 is 1. The Morgan fingerprint density at radius 3 is 1.16 bits per heavy atom. The Morgan fingerprint density at radius 1 is 0.424 bits per heavy atom. The number of aromatic nitrogens is 8. The number of carbonyl (C=O) groups is 5. The lowest BCUT2D eigenvalue weighted by Crippen LogP contribution is -2.48. The second kappa shape index (κ2) is 45.1. The Bertz CT molecular complexity index is 6190. The highest BCUT2D eigenvalue weighted by molar-refractivity contribution is 7.91. The number of carbonyl (C=O) groups excluding carboxylic acids is 5. The highest BCUT2D eigenvalue weighted by Gasteiger charge is 2.23. The van der Waals surface area contributed by atoms with Crippen LogP contribution >= 0.6 is 46.4 Å². The van der Waals surface area contributed by atoms with Crippen molar-refractivity contribution >= 4 is 140 Å². The second-order valence-electron chi connectivity index (χ2n) is 27.7. The van der Waals surface area contributed by atoms with Crippen LogP contribution in [0.2, 0.25) is 20.1 Å². The largest absolute Gasteiger partial charge is 0.385 e. The maximum atomic E-state index is 12.7. The molecular formula is C89H85Cl4N17O12S3. The quantitative estimate of drug-likeness (QED) is 0.0214. The zero-order valence-corrected chi connectivity index (χ0v) is 73.0. The summed E-state index contributed by atoms with van der Waals surface area (Å²) < 4.78 is 83.1. The maximum absolute atomic E-state index is 12.7. The number of nitrogens with zero attached hydrogens (tertiary/aromatic N) is 10. The van der Waals surface area contributed by atoms with Gasteiger partial charge in [-0.05, 0) is 207 Å². The number of ether oxygens (including phenoxy) is 1. The van der Waals surface area contributed by atoms with E-state index < -0.39 is 35.8 Å². The number of benzene rings is 6. The Kier molecular flexibility index (Phi) is 33.5. The average molecular weight is 1820 g/mol. The number of nitrogens with one attached hydrogen (secondary N) is 7. The highest BCUT2D eigenvalue weighted by Crippen LogP contribution is 2.34. The average Bonchev–Trinajstić information content (AvgIpc) is 1.79. The molecule has 0 atom stereocenters. The summed E-state index contributed by atoms with van der Waals surface area (Å²) in [4.78, 5) is 95.9. The topological polar surface area (TPSA) is 383 Å². The molecule has 7 N–H and O–H groups in total. The van der Waals surface area contributed by atoms with Gasteiger partial charge in [0.15, 0.2) is 0 Å². The number of sulfone groups is 1. The number of halogens is 4. The Morgan fingerprint density at radius 2 is 0.816 bits per heavy atom. The van der Waals surface area contributed by atoms with Gasteiger partial charge in [0, 0.05) is 185 Å². The van der Waals surface area contributed by atoms with E-state index in [1.165, 1.54) is 48.5 Å². The summed E-state index contributed by atoms with van der Waals surface area (Å²) in [5, 5.41) is 16.7. The summed E-state index contributed by atoms with van der Waals surface area (Å²) in [5.41, 5.74) is 9.50. The van der Waals surface area contributed by atoms with Crippen molar-refractivity contribution < 1.29 is 54.0 Å². The fourth-order valence-corrected chi connectivity index (χ4v) is 15.7. The Balaban J connectivity index is 0.000000162. The van der Waals surface area contributed by atoms with Crippen molar-refractivity contribution in [2.75, 3.05) is 103 Å². The van der Waals surface area contributed by atoms with Crippen LogP contribution in [0.1, 0.15) is 61.2 Å². The molecule has 0 spiro atoms. The van der Waals surface area contributed by atoms with E-state index in [1.54, 1.807) is 161 Å². The molecule has 0 saturated carbocycles. The van der Waals surface area contributed by atoms with Gasteiger partial charge < -0.3 is 45.7 Å². The zero-order valence-electron chi connectivity index (χ0n) is 67.6. The van der Waals surface area contributed by atoms with Gasteiger partial charge in [-0.25, -0.2) is 49.6 Å². The minimum atomic E-state index is -3.89. The standard InChI is InChI=1S/C23H21ClN6O.C23H22ClN5O2.C22H22ClN3O4S.C21H20ClN3O5S2/c24-20-7-6-18(14-19(20)21-4-1-2-9-26-21)29-23(31)17-5-8-22(28-15-17)27-10-3-12-30-13-11-25-16-30;1-16(30)28-10-12-29(13-11-28)22-8-5-17(15-26-22)23(31)27-18-6-7-20(24)19(14-18)21-4-2-3-9-25-21;1-30-14-4-13-25-31(28,29)18-9-6-16(7-10-18)22(27)26-17-8-11-20(23)19(15-17)21-5-2-3-12-24-21;1-31(27,28)13-12-24-32(29,30)17-8-5-15(6-9-17)21(26)25-16-7-10-19(22)18(14-16)20-4-2-3-11-23-20/h1-2,4-9,11,13-16H,3,10,12H2,(H,27,28)(H,29,31);2-9,14-15H,10-13H2,1H3,(H,27,31);2-3,5-12,15,25H,4,13-14H2,1H3,(H,26,27);2-11,14,24H,12-13H2,1H3,(H,25,26). The summed E-state index contributed by atoms with van der Waals surface area (Å²) in [6.45, 7) is 6.54. The summed E-state index contributed by atoms with van der Waals surface area (Å²) in [7, 11) is -9.27. The van der Waals surface area contributed by atoms with Gasteiger partial charge in [-0.2, -0.15) is 0 Å². The molecular weight excluding hydrogens is 1740 g/mol. The molecule has 644 valence electrons. The summed E-state index contributed by atoms with van der Waals surface area (Å²) in [6.07, 6.45) is 17.9. The van der Waals surface area contributed by atoms with E-state index in [0.29, 0.717) is 108 Å². The smallest absolute Gasteiger partial charge is 0.257 e. The Labute approximate surface area is 743 Å². The molecule has 7 aromatic heterocycles. The van der Waals surface area contributed by atoms with Crippen LogP contribution in [0.3, 0.4) is 0 Å². The maximum Gasteiger partial charge on any atom is 0.257 e. The first-order valence-electron chi connectivity index (χ1n) is 38.7. The number of pyridine rings is 6. The molecule has 0 bridgehead atoms. The van der Waals surface area contributed by atoms with E-state index >= 15 is 0 Å². The van der Waals surface area contributed by atoms with Crippen LogP contribution in [0.4, 0.5) is 34.4 Å². The molecule has 1 saturated heterocycles. The molecule has 1 aliphatic rings. The number of hydrogen-bond donors (Lipinski definition) is 7. The number of amides is 5. The number of rotatable bonds is 29. The number of anilines is 6. The second-order valence-corrected chi connectivity index (χ2v) is 35.1. The molecule has 5 amide bonds. The summed E-state index contributed by atoms with van der Waals surface area (Å²) in [6, 6.07) is 61.0. The zero-order chi connectivity index (χ0) is 88.9. The van der Waals surface area contributed by atoms with E-state index in [9.17, 15) is 49.2 Å². The van der Waals surface area contributed by atoms with Crippen molar-refractivity contribution in [1.82, 2.24) is 53.8 Å². The third-order valence-electron chi connectivity index (χ3n) is 18.6. The normalized spacial score (nSPS) is 11.9. The molecule has 1 fully saturated rings. The van der Waals surface area contributed by atoms with Crippen LogP contribution in [0.25, 0.3) is 45.0 Å². The van der Waals surface area contributed by atoms with Gasteiger partial charge in [0.05, 0.1) is 75.9 Å². The molecule has 14 rings (SSSR count). The molecule has 125 heavy (non-hydrogen) atoms. The third-order valence-corrected chi connectivity index (χ3v) is 23.9. The predicted molar refractivity (Wildman–Crippen MR) is 488 cm³/mol. The van der Waals surface area contributed by atoms with Gasteiger partial charge in [0.1, 0.15) is 21.5 Å². The van der Waals surface area contributed by atoms with Crippen LogP contribution in [0.5, 0.6) is 0 Å². The Hall–Kier alpha value is -12.7. The van der Waals surface area contributed by atoms with Gasteiger partial charge in [-0.1, -0.05) is 70.7 Å². The molecule has 0 aliphatic carbocycles. The minimum Gasteiger partial charge on any atom is -0.385 e. The minimum absolute atomic E-state index is 0.0773. The molecule has 29 nitrogen and oxygen atoms in total. The van der Waals surface area contributed by atoms with Crippen LogP contribution < -0.4 is 40.9 Å². The van der Waals surface area contributed by atoms with E-state index in [-0.39, 0.29) is 57.8 Å². The third kappa shape index (κ3) is 27.9. The van der Waals surface area contributed by atoms with E-state index in [2.05, 4.69) is 75.8 Å². The van der Waals surface area contributed by atoms with Crippen molar-refractivity contribution in [3.63, 3.8) is 0 Å². The highest BCUT2D eigenvalue weighted by atomic mass is 35.5. The molecule has 1 aliphatic heterocycles. The first-order valence-corrected chi connectivity index (χ1v) is 45.3. The fraction of sp³-hybridized carbons (Fsp3) is 0.169. The van der Waals surface area contributed by atoms with Crippen molar-refractivity contribution in [2.45, 2.75) is 36.1 Å². The number of imidazole rings is 1. The van der Waals surface area contributed by atoms with Crippen LogP contribution in [0.15, 0.2) is 284 Å². The van der Waals surface area contributed by atoms with Crippen molar-refractivity contribution in [2.24, 2.45) is 0 Å². The van der Waals surface area contributed by atoms with E-state index in [4.69, 9.17) is 51.1 Å². The lowest BCUT2D eigenvalue weighted by atomic mass is 10.1. The summed E-state index contributed by atoms with van der Waals surface area (Å²) >= 11 is 25.2. The molecule has 8 heterocycles. The van der Waals surface area contributed by atoms with Crippen LogP contribution in [-0.4, -0.2) is 171 Å². The lowest BCUT2D eigenvalue weighted by Gasteiger charge is -2.34.